The summed E-state index contributed by atoms with van der Waals surface area (Å²) in [5.74, 6) is 0.401. The summed E-state index contributed by atoms with van der Waals surface area (Å²) in [5, 5.41) is 2.66. The molecule has 2 aliphatic rings. The molecule has 176 valence electrons. The molecule has 1 aliphatic carbocycles. The molecule has 4 aromatic rings. The lowest BCUT2D eigenvalue weighted by Gasteiger charge is -2.27. The SMILES string of the molecule is Cc1sc2nc(SCC(=O)N3CCc4[nH]c5ccccc5c4C3)n(C3CCCC3)c(=O)c2c1C. The van der Waals surface area contributed by atoms with Crippen LogP contribution in [0.4, 0.5) is 0 Å². The highest BCUT2D eigenvalue weighted by Gasteiger charge is 2.27. The quantitative estimate of drug-likeness (QED) is 0.308. The first-order valence-electron chi connectivity index (χ1n) is 12.0. The largest absolute Gasteiger partial charge is 0.358 e. The Kier molecular flexibility index (Phi) is 5.53. The number of thioether (sulfide) groups is 1. The van der Waals surface area contributed by atoms with Gasteiger partial charge in [-0.1, -0.05) is 42.8 Å². The average molecular weight is 493 g/mol. The van der Waals surface area contributed by atoms with Crippen LogP contribution in [-0.2, 0) is 17.8 Å². The van der Waals surface area contributed by atoms with Crippen LogP contribution in [0.3, 0.4) is 0 Å². The van der Waals surface area contributed by atoms with Crippen molar-refractivity contribution in [2.24, 2.45) is 0 Å². The molecule has 4 heterocycles. The first kappa shape index (κ1) is 21.9. The monoisotopic (exact) mass is 492 g/mol. The number of nitrogens with one attached hydrogen (secondary N) is 1. The number of carbonyl (C=O) groups excluding carboxylic acids is 1. The highest BCUT2D eigenvalue weighted by Crippen LogP contribution is 2.35. The molecule has 0 unspecified atom stereocenters. The Balaban J connectivity index is 1.27. The molecule has 0 saturated heterocycles. The number of fused-ring (bicyclic) bond motifs is 4. The highest BCUT2D eigenvalue weighted by molar-refractivity contribution is 7.99. The number of para-hydroxylation sites is 1. The fraction of sp³-hybridized carbons (Fsp3) is 0.423. The number of amides is 1. The van der Waals surface area contributed by atoms with E-state index in [0.717, 1.165) is 58.3 Å². The number of carbonyl (C=O) groups is 1. The maximum absolute atomic E-state index is 13.6. The molecule has 34 heavy (non-hydrogen) atoms. The molecule has 1 aliphatic heterocycles. The van der Waals surface area contributed by atoms with Gasteiger partial charge in [0.15, 0.2) is 5.16 Å². The van der Waals surface area contributed by atoms with E-state index in [2.05, 4.69) is 17.1 Å². The zero-order valence-corrected chi connectivity index (χ0v) is 21.2. The lowest BCUT2D eigenvalue weighted by Crippen LogP contribution is -2.37. The third kappa shape index (κ3) is 3.58. The van der Waals surface area contributed by atoms with E-state index in [-0.39, 0.29) is 17.5 Å². The fourth-order valence-corrected chi connectivity index (χ4v) is 7.51. The smallest absolute Gasteiger partial charge is 0.263 e. The molecule has 0 atom stereocenters. The van der Waals surface area contributed by atoms with E-state index in [9.17, 15) is 9.59 Å². The van der Waals surface area contributed by atoms with E-state index in [1.165, 1.54) is 28.4 Å². The standard InChI is InChI=1S/C26H28N4O2S2/c1-15-16(2)34-24-23(15)25(32)30(17-7-3-4-8-17)26(28-24)33-14-22(31)29-12-11-21-19(13-29)18-9-5-6-10-20(18)27-21/h5-6,9-10,17,27H,3-4,7-8,11-14H2,1-2H3. The van der Waals surface area contributed by atoms with Gasteiger partial charge in [-0.25, -0.2) is 4.98 Å². The molecule has 0 radical (unpaired) electrons. The van der Waals surface area contributed by atoms with E-state index < -0.39 is 0 Å². The van der Waals surface area contributed by atoms with Crippen LogP contribution >= 0.6 is 23.1 Å². The minimum Gasteiger partial charge on any atom is -0.358 e. The molecule has 1 aromatic carbocycles. The summed E-state index contributed by atoms with van der Waals surface area (Å²) >= 11 is 3.00. The lowest BCUT2D eigenvalue weighted by atomic mass is 10.0. The number of aryl methyl sites for hydroxylation is 2. The molecule has 3 aromatic heterocycles. The fourth-order valence-electron chi connectivity index (χ4n) is 5.47. The van der Waals surface area contributed by atoms with Crippen LogP contribution < -0.4 is 5.56 Å². The average Bonchev–Trinajstić information content (AvgIpc) is 3.55. The van der Waals surface area contributed by atoms with Crippen molar-refractivity contribution in [3.8, 4) is 0 Å². The van der Waals surface area contributed by atoms with Crippen molar-refractivity contribution in [1.29, 1.82) is 0 Å². The molecule has 1 amide bonds. The van der Waals surface area contributed by atoms with Crippen LogP contribution in [0, 0.1) is 13.8 Å². The second-order valence-electron chi connectivity index (χ2n) is 9.45. The van der Waals surface area contributed by atoms with Gasteiger partial charge in [0.25, 0.3) is 5.56 Å². The molecule has 6 rings (SSSR count). The van der Waals surface area contributed by atoms with Crippen LogP contribution in [0.1, 0.15) is 53.4 Å². The van der Waals surface area contributed by atoms with Gasteiger partial charge in [-0.2, -0.15) is 0 Å². The normalized spacial score (nSPS) is 16.6. The minimum absolute atomic E-state index is 0.0649. The van der Waals surface area contributed by atoms with Crippen molar-refractivity contribution in [1.82, 2.24) is 19.4 Å². The first-order chi connectivity index (χ1) is 16.5. The zero-order valence-electron chi connectivity index (χ0n) is 19.5. The minimum atomic E-state index is 0.0649. The third-order valence-electron chi connectivity index (χ3n) is 7.45. The number of nitrogens with zero attached hydrogens (tertiary/aromatic N) is 3. The number of benzene rings is 1. The van der Waals surface area contributed by atoms with Crippen LogP contribution in [-0.4, -0.2) is 37.6 Å². The number of hydrogen-bond acceptors (Lipinski definition) is 5. The summed E-state index contributed by atoms with van der Waals surface area (Å²) in [5.41, 5.74) is 4.71. The number of aromatic nitrogens is 3. The van der Waals surface area contributed by atoms with Crippen LogP contribution in [0.5, 0.6) is 0 Å². The van der Waals surface area contributed by atoms with Crippen molar-refractivity contribution in [3.63, 3.8) is 0 Å². The molecule has 8 heteroatoms. The van der Waals surface area contributed by atoms with Gasteiger partial charge in [-0.05, 0) is 38.3 Å². The highest BCUT2D eigenvalue weighted by atomic mass is 32.2. The number of rotatable bonds is 4. The molecule has 0 spiro atoms. The summed E-state index contributed by atoms with van der Waals surface area (Å²) in [6, 6.07) is 8.48. The van der Waals surface area contributed by atoms with Crippen molar-refractivity contribution in [2.75, 3.05) is 12.3 Å². The Labute approximate surface area is 206 Å². The van der Waals surface area contributed by atoms with Gasteiger partial charge in [0.2, 0.25) is 5.91 Å². The Morgan fingerprint density at radius 2 is 2.03 bits per heavy atom. The van der Waals surface area contributed by atoms with E-state index in [1.54, 1.807) is 11.3 Å². The van der Waals surface area contributed by atoms with E-state index in [0.29, 0.717) is 24.0 Å². The molecule has 1 saturated carbocycles. The van der Waals surface area contributed by atoms with Crippen molar-refractivity contribution in [3.05, 3.63) is 56.3 Å². The van der Waals surface area contributed by atoms with Crippen LogP contribution in [0.25, 0.3) is 21.1 Å². The van der Waals surface area contributed by atoms with Crippen molar-refractivity contribution in [2.45, 2.75) is 63.7 Å². The van der Waals surface area contributed by atoms with Crippen LogP contribution in [0.2, 0.25) is 0 Å². The number of H-pyrrole nitrogens is 1. The van der Waals surface area contributed by atoms with Gasteiger partial charge < -0.3 is 9.88 Å². The van der Waals surface area contributed by atoms with Crippen molar-refractivity contribution >= 4 is 50.1 Å². The molecule has 1 fully saturated rings. The summed E-state index contributed by atoms with van der Waals surface area (Å²) in [7, 11) is 0. The second-order valence-corrected chi connectivity index (χ2v) is 11.6. The Hall–Kier alpha value is -2.58. The van der Waals surface area contributed by atoms with Gasteiger partial charge in [0, 0.05) is 52.6 Å². The number of hydrogen-bond donors (Lipinski definition) is 1. The molecular weight excluding hydrogens is 464 g/mol. The molecule has 1 N–H and O–H groups in total. The van der Waals surface area contributed by atoms with Gasteiger partial charge in [0.05, 0.1) is 11.1 Å². The van der Waals surface area contributed by atoms with Gasteiger partial charge >= 0.3 is 0 Å². The predicted octanol–water partition coefficient (Wildman–Crippen LogP) is 5.35. The Bertz CT molecular complexity index is 1480. The number of aromatic amines is 1. The first-order valence-corrected chi connectivity index (χ1v) is 13.8. The Morgan fingerprint density at radius 1 is 1.24 bits per heavy atom. The zero-order chi connectivity index (χ0) is 23.4. The van der Waals surface area contributed by atoms with Gasteiger partial charge in [-0.15, -0.1) is 11.3 Å². The summed E-state index contributed by atoms with van der Waals surface area (Å²) in [4.78, 5) is 39.1. The maximum atomic E-state index is 13.6. The summed E-state index contributed by atoms with van der Waals surface area (Å²) < 4.78 is 1.90. The third-order valence-corrected chi connectivity index (χ3v) is 9.49. The van der Waals surface area contributed by atoms with Crippen molar-refractivity contribution < 1.29 is 4.79 Å². The second kappa shape index (κ2) is 8.57. The number of thiophene rings is 1. The predicted molar refractivity (Wildman–Crippen MR) is 139 cm³/mol. The van der Waals surface area contributed by atoms with E-state index >= 15 is 0 Å². The lowest BCUT2D eigenvalue weighted by molar-refractivity contribution is -0.129. The summed E-state index contributed by atoms with van der Waals surface area (Å²) in [6.07, 6.45) is 5.13. The van der Waals surface area contributed by atoms with E-state index in [4.69, 9.17) is 4.98 Å². The van der Waals surface area contributed by atoms with E-state index in [1.807, 2.05) is 35.4 Å². The molecule has 6 nitrogen and oxygen atoms in total. The van der Waals surface area contributed by atoms with Crippen LogP contribution in [0.15, 0.2) is 34.2 Å². The van der Waals surface area contributed by atoms with Gasteiger partial charge in [0.1, 0.15) is 4.83 Å². The molecule has 0 bridgehead atoms. The van der Waals surface area contributed by atoms with Gasteiger partial charge in [-0.3, -0.25) is 14.2 Å². The summed E-state index contributed by atoms with van der Waals surface area (Å²) in [6.45, 7) is 5.41. The maximum Gasteiger partial charge on any atom is 0.263 e. The topological polar surface area (TPSA) is 71.0 Å². The molecular formula is C26H28N4O2S2. The Morgan fingerprint density at radius 3 is 2.85 bits per heavy atom.